The summed E-state index contributed by atoms with van der Waals surface area (Å²) in [6.07, 6.45) is 4.89. The van der Waals surface area contributed by atoms with Crippen molar-refractivity contribution in [3.8, 4) is 5.69 Å². The average molecular weight is 463 g/mol. The fourth-order valence-corrected chi connectivity index (χ4v) is 5.10. The number of benzene rings is 2. The number of hydrogen-bond donors (Lipinski definition) is 1. The van der Waals surface area contributed by atoms with Crippen molar-refractivity contribution in [3.63, 3.8) is 0 Å². The van der Waals surface area contributed by atoms with Crippen LogP contribution in [-0.4, -0.2) is 49.9 Å². The number of aromatic nitrogens is 2. The molecule has 1 fully saturated rings. The van der Waals surface area contributed by atoms with Crippen molar-refractivity contribution in [3.05, 3.63) is 82.9 Å². The molecule has 6 heteroatoms. The maximum atomic E-state index is 13.4. The van der Waals surface area contributed by atoms with E-state index in [1.54, 1.807) is 12.1 Å². The molecule has 1 saturated carbocycles. The van der Waals surface area contributed by atoms with Crippen LogP contribution >= 0.6 is 0 Å². The molecule has 1 aromatic heterocycles. The van der Waals surface area contributed by atoms with Gasteiger partial charge < -0.3 is 5.11 Å². The molecule has 5 nitrogen and oxygen atoms in total. The standard InChI is InChI=1S/C28H35FN4O/c1-2-6-25(34)18-32(23-13-14-23)20-27-26-19-31(17-21-9-11-22(29)12-10-21)16-15-28(26)33(30-27)24-7-4-3-5-8-24/h3-5,7-12,23,25,34H,2,6,13-20H2,1H3. The van der Waals surface area contributed by atoms with Gasteiger partial charge in [0.1, 0.15) is 5.82 Å². The third kappa shape index (κ3) is 5.40. The van der Waals surface area contributed by atoms with E-state index in [1.165, 1.54) is 24.1 Å². The van der Waals surface area contributed by atoms with E-state index in [-0.39, 0.29) is 11.9 Å². The molecule has 2 aliphatic rings. The van der Waals surface area contributed by atoms with Gasteiger partial charge in [-0.1, -0.05) is 43.7 Å². The monoisotopic (exact) mass is 462 g/mol. The third-order valence-electron chi connectivity index (χ3n) is 7.02. The van der Waals surface area contributed by atoms with Crippen molar-refractivity contribution >= 4 is 0 Å². The van der Waals surface area contributed by atoms with Crippen molar-refractivity contribution in [2.45, 2.75) is 70.8 Å². The van der Waals surface area contributed by atoms with Crippen molar-refractivity contribution in [1.29, 1.82) is 0 Å². The summed E-state index contributed by atoms with van der Waals surface area (Å²) in [4.78, 5) is 4.88. The highest BCUT2D eigenvalue weighted by Crippen LogP contribution is 2.32. The van der Waals surface area contributed by atoms with E-state index in [1.807, 2.05) is 18.2 Å². The van der Waals surface area contributed by atoms with Gasteiger partial charge >= 0.3 is 0 Å². The molecular formula is C28H35FN4O. The van der Waals surface area contributed by atoms with Crippen molar-refractivity contribution < 1.29 is 9.50 Å². The molecule has 1 aliphatic carbocycles. The molecule has 5 rings (SSSR count). The van der Waals surface area contributed by atoms with Crippen LogP contribution in [0.25, 0.3) is 5.69 Å². The molecular weight excluding hydrogens is 427 g/mol. The van der Waals surface area contributed by atoms with Crippen LogP contribution in [0.4, 0.5) is 4.39 Å². The molecule has 1 N–H and O–H groups in total. The second-order valence-electron chi connectivity index (χ2n) is 9.81. The quantitative estimate of drug-likeness (QED) is 0.475. The largest absolute Gasteiger partial charge is 0.392 e. The topological polar surface area (TPSA) is 44.5 Å². The lowest BCUT2D eigenvalue weighted by molar-refractivity contribution is 0.0955. The van der Waals surface area contributed by atoms with Crippen LogP contribution in [0.1, 0.15) is 55.1 Å². The van der Waals surface area contributed by atoms with E-state index < -0.39 is 0 Å². The molecule has 180 valence electrons. The number of hydrogen-bond acceptors (Lipinski definition) is 4. The summed E-state index contributed by atoms with van der Waals surface area (Å²) in [5, 5.41) is 15.7. The smallest absolute Gasteiger partial charge is 0.123 e. The highest BCUT2D eigenvalue weighted by molar-refractivity contribution is 5.39. The lowest BCUT2D eigenvalue weighted by Gasteiger charge is -2.29. The Morgan fingerprint density at radius 3 is 2.59 bits per heavy atom. The number of fused-ring (bicyclic) bond motifs is 1. The maximum absolute atomic E-state index is 13.4. The highest BCUT2D eigenvalue weighted by atomic mass is 19.1. The molecule has 1 unspecified atom stereocenters. The molecule has 3 aromatic rings. The van der Waals surface area contributed by atoms with Gasteiger partial charge in [-0.25, -0.2) is 9.07 Å². The van der Waals surface area contributed by atoms with E-state index in [9.17, 15) is 9.50 Å². The van der Waals surface area contributed by atoms with Crippen LogP contribution in [0, 0.1) is 5.82 Å². The summed E-state index contributed by atoms with van der Waals surface area (Å²) < 4.78 is 15.5. The molecule has 2 heterocycles. The number of nitrogens with zero attached hydrogens (tertiary/aromatic N) is 4. The van der Waals surface area contributed by atoms with Gasteiger partial charge in [-0.15, -0.1) is 0 Å². The fraction of sp³-hybridized carbons (Fsp3) is 0.464. The molecule has 34 heavy (non-hydrogen) atoms. The van der Waals surface area contributed by atoms with Gasteiger partial charge in [0.15, 0.2) is 0 Å². The third-order valence-corrected chi connectivity index (χ3v) is 7.02. The molecule has 0 bridgehead atoms. The summed E-state index contributed by atoms with van der Waals surface area (Å²) >= 11 is 0. The predicted molar refractivity (Wildman–Crippen MR) is 132 cm³/mol. The summed E-state index contributed by atoms with van der Waals surface area (Å²) in [7, 11) is 0. The molecule has 0 saturated heterocycles. The second kappa shape index (κ2) is 10.4. The minimum absolute atomic E-state index is 0.193. The van der Waals surface area contributed by atoms with Crippen LogP contribution < -0.4 is 0 Å². The number of rotatable bonds is 10. The first kappa shape index (κ1) is 23.2. The van der Waals surface area contributed by atoms with E-state index in [0.29, 0.717) is 12.6 Å². The average Bonchev–Trinajstić information content (AvgIpc) is 3.64. The Hall–Kier alpha value is -2.54. The van der Waals surface area contributed by atoms with Gasteiger partial charge in [0.25, 0.3) is 0 Å². The number of para-hydroxylation sites is 1. The fourth-order valence-electron chi connectivity index (χ4n) is 5.10. The van der Waals surface area contributed by atoms with E-state index in [0.717, 1.165) is 62.4 Å². The number of aliphatic hydroxyl groups is 1. The Morgan fingerprint density at radius 1 is 1.12 bits per heavy atom. The predicted octanol–water partition coefficient (Wildman–Crippen LogP) is 4.70. The van der Waals surface area contributed by atoms with Crippen molar-refractivity contribution in [2.24, 2.45) is 0 Å². The lowest BCUT2D eigenvalue weighted by atomic mass is 10.0. The van der Waals surface area contributed by atoms with Crippen LogP contribution in [0.15, 0.2) is 54.6 Å². The van der Waals surface area contributed by atoms with Gasteiger partial charge in [-0.2, -0.15) is 5.10 Å². The zero-order valence-corrected chi connectivity index (χ0v) is 20.0. The first-order chi connectivity index (χ1) is 16.6. The maximum Gasteiger partial charge on any atom is 0.123 e. The Bertz CT molecular complexity index is 1080. The molecule has 1 aliphatic heterocycles. The summed E-state index contributed by atoms with van der Waals surface area (Å²) in [5.74, 6) is -0.193. The minimum atomic E-state index is -0.285. The number of aliphatic hydroxyl groups excluding tert-OH is 1. The molecule has 0 spiro atoms. The first-order valence-corrected chi connectivity index (χ1v) is 12.6. The molecule has 1 atom stereocenters. The second-order valence-corrected chi connectivity index (χ2v) is 9.81. The first-order valence-electron chi connectivity index (χ1n) is 12.6. The van der Waals surface area contributed by atoms with Gasteiger partial charge in [-0.3, -0.25) is 9.80 Å². The normalized spacial score (nSPS) is 17.2. The van der Waals surface area contributed by atoms with E-state index in [4.69, 9.17) is 5.10 Å². The van der Waals surface area contributed by atoms with Gasteiger partial charge in [0.05, 0.1) is 23.2 Å². The van der Waals surface area contributed by atoms with Gasteiger partial charge in [0.2, 0.25) is 0 Å². The van der Waals surface area contributed by atoms with E-state index >= 15 is 0 Å². The zero-order valence-electron chi connectivity index (χ0n) is 20.0. The zero-order chi connectivity index (χ0) is 23.5. The summed E-state index contributed by atoms with van der Waals surface area (Å²) in [6.45, 7) is 6.20. The van der Waals surface area contributed by atoms with Crippen LogP contribution in [0.3, 0.4) is 0 Å². The Labute approximate surface area is 201 Å². The van der Waals surface area contributed by atoms with Gasteiger partial charge in [-0.05, 0) is 49.1 Å². The molecule has 0 radical (unpaired) electrons. The Kier molecular flexibility index (Phi) is 7.09. The Balaban J connectivity index is 1.41. The van der Waals surface area contributed by atoms with Crippen molar-refractivity contribution in [1.82, 2.24) is 19.6 Å². The summed E-state index contributed by atoms with van der Waals surface area (Å²) in [5.41, 5.74) is 5.96. The minimum Gasteiger partial charge on any atom is -0.392 e. The molecule has 2 aromatic carbocycles. The van der Waals surface area contributed by atoms with Crippen LogP contribution in [0.5, 0.6) is 0 Å². The Morgan fingerprint density at radius 2 is 1.88 bits per heavy atom. The van der Waals surface area contributed by atoms with Crippen LogP contribution in [0.2, 0.25) is 0 Å². The van der Waals surface area contributed by atoms with Gasteiger partial charge in [0, 0.05) is 50.7 Å². The SMILES string of the molecule is CCCC(O)CN(Cc1nn(-c2ccccc2)c2c1CN(Cc1ccc(F)cc1)CC2)C1CC1. The van der Waals surface area contributed by atoms with E-state index in [2.05, 4.69) is 45.7 Å². The molecule has 0 amide bonds. The van der Waals surface area contributed by atoms with Crippen molar-refractivity contribution in [2.75, 3.05) is 13.1 Å². The van der Waals surface area contributed by atoms with Crippen LogP contribution in [-0.2, 0) is 26.1 Å². The lowest BCUT2D eigenvalue weighted by Crippen LogP contribution is -2.35. The number of halogens is 1. The highest BCUT2D eigenvalue weighted by Gasteiger charge is 2.33. The summed E-state index contributed by atoms with van der Waals surface area (Å²) in [6, 6.07) is 17.8.